The fourth-order valence-corrected chi connectivity index (χ4v) is 1.45. The second-order valence-electron chi connectivity index (χ2n) is 3.27. The molecule has 1 aromatic heterocycles. The number of pyridine rings is 1. The van der Waals surface area contributed by atoms with Crippen molar-refractivity contribution in [3.63, 3.8) is 0 Å². The first kappa shape index (κ1) is 16.0. The molecule has 0 aromatic carbocycles. The second kappa shape index (κ2) is 5.15. The van der Waals surface area contributed by atoms with Gasteiger partial charge in [0.05, 0.1) is 14.8 Å². The van der Waals surface area contributed by atoms with Crippen LogP contribution in [0.25, 0.3) is 0 Å². The number of rotatable bonds is 5. The van der Waals surface area contributed by atoms with Gasteiger partial charge in [-0.05, 0) is 4.73 Å². The van der Waals surface area contributed by atoms with E-state index in [2.05, 4.69) is 0 Å². The van der Waals surface area contributed by atoms with Crippen molar-refractivity contribution in [1.29, 1.82) is 0 Å². The lowest BCUT2D eigenvalue weighted by Crippen LogP contribution is -2.35. The highest BCUT2D eigenvalue weighted by Gasteiger charge is 2.60. The van der Waals surface area contributed by atoms with Gasteiger partial charge in [0.15, 0.2) is 0 Å². The normalized spacial score (nSPS) is 10.0. The lowest BCUT2D eigenvalue weighted by Gasteiger charge is -2.00. The van der Waals surface area contributed by atoms with Gasteiger partial charge < -0.3 is 5.21 Å². The monoisotopic (exact) mass is 320 g/mol. The molecule has 17 nitrogen and oxygen atoms in total. The van der Waals surface area contributed by atoms with Gasteiger partial charge in [0, 0.05) is 0 Å². The number of hydrogen-bond donors (Lipinski definition) is 0. The Hall–Kier alpha value is -4.05. The van der Waals surface area contributed by atoms with E-state index in [4.69, 9.17) is 0 Å². The Balaban J connectivity index is 4.31. The average Bonchev–Trinajstić information content (AvgIpc) is 2.34. The highest BCUT2D eigenvalue weighted by atomic mass is 16.7. The highest BCUT2D eigenvalue weighted by molar-refractivity contribution is 5.74. The fourth-order valence-electron chi connectivity index (χ4n) is 1.45. The molecule has 0 spiro atoms. The molecule has 0 saturated heterocycles. The predicted molar refractivity (Wildman–Crippen MR) is 58.7 cm³/mol. The molecule has 1 heterocycles. The summed E-state index contributed by atoms with van der Waals surface area (Å²) in [7, 11) is 0. The summed E-state index contributed by atoms with van der Waals surface area (Å²) in [5.74, 6) is -4.37. The van der Waals surface area contributed by atoms with E-state index in [1.807, 2.05) is 0 Å². The highest BCUT2D eigenvalue weighted by Crippen LogP contribution is 2.44. The summed E-state index contributed by atoms with van der Waals surface area (Å²) in [5, 5.41) is 64.9. The maximum absolute atomic E-state index is 11.5. The standard InChI is InChI=1S/C5N6O11/c12-6-4(10(19)20)2(8(15)16)1(7(13)14)3(9(17)18)5(6)11(21)22. The SMILES string of the molecule is O=[N+]([O-])c1c([N+](=O)[O-])c([N+](=O)[O-])[n+]([O-])c([N+](=O)[O-])c1[N+](=O)[O-]. The molecular weight excluding hydrogens is 320 g/mol. The molecular formula is C5N6O11. The summed E-state index contributed by atoms with van der Waals surface area (Å²) in [5.41, 5.74) is -6.41. The maximum atomic E-state index is 11.5. The summed E-state index contributed by atoms with van der Waals surface area (Å²) in [6.45, 7) is 0. The van der Waals surface area contributed by atoms with Crippen molar-refractivity contribution in [2.45, 2.75) is 0 Å². The van der Waals surface area contributed by atoms with Crippen molar-refractivity contribution in [2.24, 2.45) is 0 Å². The fraction of sp³-hybridized carbons (Fsp3) is 0. The zero-order chi connectivity index (χ0) is 17.4. The van der Waals surface area contributed by atoms with Crippen molar-refractivity contribution in [2.75, 3.05) is 0 Å². The Labute approximate surface area is 115 Å². The van der Waals surface area contributed by atoms with Crippen LogP contribution in [-0.2, 0) is 0 Å². The van der Waals surface area contributed by atoms with Crippen molar-refractivity contribution in [3.05, 3.63) is 55.8 Å². The minimum absolute atomic E-state index is 1.32. The van der Waals surface area contributed by atoms with E-state index in [-0.39, 0.29) is 0 Å². The van der Waals surface area contributed by atoms with Crippen LogP contribution in [0.1, 0.15) is 0 Å². The summed E-state index contributed by atoms with van der Waals surface area (Å²) < 4.78 is -1.32. The van der Waals surface area contributed by atoms with Gasteiger partial charge in [0.25, 0.3) is 0 Å². The first-order chi connectivity index (χ1) is 10.0. The Morgan fingerprint density at radius 2 is 0.818 bits per heavy atom. The van der Waals surface area contributed by atoms with Gasteiger partial charge >= 0.3 is 28.7 Å². The maximum Gasteiger partial charge on any atom is 0.605 e. The molecule has 0 N–H and O–H groups in total. The molecule has 1 rings (SSSR count). The zero-order valence-electron chi connectivity index (χ0n) is 9.67. The average molecular weight is 320 g/mol. The summed E-state index contributed by atoms with van der Waals surface area (Å²) in [6, 6.07) is 0. The lowest BCUT2D eigenvalue weighted by atomic mass is 10.2. The van der Waals surface area contributed by atoms with Crippen LogP contribution < -0.4 is 4.73 Å². The zero-order valence-corrected chi connectivity index (χ0v) is 9.67. The van der Waals surface area contributed by atoms with Crippen LogP contribution in [0.15, 0.2) is 0 Å². The van der Waals surface area contributed by atoms with E-state index in [9.17, 15) is 55.8 Å². The van der Waals surface area contributed by atoms with Gasteiger partial charge in [0.2, 0.25) is 0 Å². The summed E-state index contributed by atoms with van der Waals surface area (Å²) in [6.07, 6.45) is 0. The second-order valence-corrected chi connectivity index (χ2v) is 3.27. The molecule has 0 aliphatic rings. The quantitative estimate of drug-likeness (QED) is 0.299. The molecule has 0 saturated carbocycles. The molecule has 1 aromatic rings. The van der Waals surface area contributed by atoms with E-state index < -0.39 is 58.0 Å². The van der Waals surface area contributed by atoms with E-state index >= 15 is 0 Å². The molecule has 116 valence electrons. The first-order valence-corrected chi connectivity index (χ1v) is 4.57. The number of aromatic nitrogens is 1. The van der Waals surface area contributed by atoms with E-state index in [1.165, 1.54) is 0 Å². The van der Waals surface area contributed by atoms with Crippen LogP contribution in [0.5, 0.6) is 0 Å². The summed E-state index contributed by atoms with van der Waals surface area (Å²) >= 11 is 0. The van der Waals surface area contributed by atoms with Gasteiger partial charge in [-0.15, -0.1) is 0 Å². The molecule has 17 heteroatoms. The number of nitrogens with zero attached hydrogens (tertiary/aromatic N) is 6. The third-order valence-electron chi connectivity index (χ3n) is 2.15. The molecule has 0 fully saturated rings. The van der Waals surface area contributed by atoms with Crippen LogP contribution in [-0.4, -0.2) is 24.6 Å². The first-order valence-electron chi connectivity index (χ1n) is 4.57. The van der Waals surface area contributed by atoms with Crippen LogP contribution in [0.3, 0.4) is 0 Å². The minimum atomic E-state index is -2.19. The van der Waals surface area contributed by atoms with E-state index in [0.29, 0.717) is 0 Å². The largest absolute Gasteiger partial charge is 0.609 e. The van der Waals surface area contributed by atoms with Crippen LogP contribution >= 0.6 is 0 Å². The Morgan fingerprint density at radius 3 is 1.00 bits per heavy atom. The van der Waals surface area contributed by atoms with Gasteiger partial charge in [-0.2, -0.15) is 0 Å². The van der Waals surface area contributed by atoms with Crippen LogP contribution in [0.4, 0.5) is 28.7 Å². The molecule has 0 unspecified atom stereocenters. The molecule has 22 heavy (non-hydrogen) atoms. The van der Waals surface area contributed by atoms with Crippen molar-refractivity contribution < 1.29 is 29.3 Å². The Morgan fingerprint density at radius 1 is 0.545 bits per heavy atom. The van der Waals surface area contributed by atoms with Crippen molar-refractivity contribution in [1.82, 2.24) is 0 Å². The Kier molecular flexibility index (Phi) is 3.74. The number of hydrogen-bond acceptors (Lipinski definition) is 11. The third kappa shape index (κ3) is 2.23. The van der Waals surface area contributed by atoms with Crippen molar-refractivity contribution in [3.8, 4) is 0 Å². The topological polar surface area (TPSA) is 243 Å². The van der Waals surface area contributed by atoms with Gasteiger partial charge in [0.1, 0.15) is 9.85 Å². The van der Waals surface area contributed by atoms with Gasteiger partial charge in [-0.3, -0.25) is 50.6 Å². The lowest BCUT2D eigenvalue weighted by molar-refractivity contribution is -0.709. The summed E-state index contributed by atoms with van der Waals surface area (Å²) in [4.78, 5) is 44.5. The van der Waals surface area contributed by atoms with Crippen molar-refractivity contribution >= 4 is 28.7 Å². The molecule has 0 aliphatic heterocycles. The van der Waals surface area contributed by atoms with Crippen LogP contribution in [0, 0.1) is 55.8 Å². The van der Waals surface area contributed by atoms with Gasteiger partial charge in [-0.1, -0.05) is 0 Å². The number of nitro groups is 5. The molecule has 0 radical (unpaired) electrons. The molecule has 0 atom stereocenters. The van der Waals surface area contributed by atoms with Crippen LogP contribution in [0.2, 0.25) is 0 Å². The molecule has 0 amide bonds. The predicted octanol–water partition coefficient (Wildman–Crippen LogP) is -0.139. The van der Waals surface area contributed by atoms with E-state index in [1.54, 1.807) is 0 Å². The molecule has 0 aliphatic carbocycles. The minimum Gasteiger partial charge on any atom is -0.609 e. The Bertz CT molecular complexity index is 701. The van der Waals surface area contributed by atoms with Gasteiger partial charge in [-0.25, -0.2) is 0 Å². The third-order valence-corrected chi connectivity index (χ3v) is 2.15. The smallest absolute Gasteiger partial charge is 0.605 e. The van der Waals surface area contributed by atoms with E-state index in [0.717, 1.165) is 0 Å². The molecule has 0 bridgehead atoms.